The normalized spacial score (nSPS) is 20.2. The first-order valence-electron chi connectivity index (χ1n) is 11.6. The van der Waals surface area contributed by atoms with E-state index in [1.807, 2.05) is 0 Å². The number of aryl methyl sites for hydroxylation is 1. The molecule has 0 bridgehead atoms. The van der Waals surface area contributed by atoms with E-state index in [4.69, 9.17) is 4.74 Å². The van der Waals surface area contributed by atoms with E-state index in [1.165, 1.54) is 7.11 Å². The highest BCUT2D eigenvalue weighted by Gasteiger charge is 2.31. The van der Waals surface area contributed by atoms with Gasteiger partial charge in [0.25, 0.3) is 5.91 Å². The number of ether oxygens (including phenoxy) is 1. The van der Waals surface area contributed by atoms with Crippen LogP contribution < -0.4 is 5.32 Å². The number of carbonyl (C=O) groups excluding carboxylic acids is 3. The number of hydrogen-bond acceptors (Lipinski definition) is 6. The van der Waals surface area contributed by atoms with Crippen LogP contribution in [0.2, 0.25) is 0 Å². The maximum Gasteiger partial charge on any atom is 0.339 e. The van der Waals surface area contributed by atoms with E-state index >= 15 is 0 Å². The molecule has 2 N–H and O–H groups in total. The van der Waals surface area contributed by atoms with Gasteiger partial charge >= 0.3 is 5.97 Å². The van der Waals surface area contributed by atoms with Crippen LogP contribution in [0, 0.1) is 19.8 Å². The second-order valence-electron chi connectivity index (χ2n) is 8.77. The Hall–Kier alpha value is -2.39. The number of esters is 1. The van der Waals surface area contributed by atoms with Crippen molar-refractivity contribution in [1.29, 1.82) is 0 Å². The van der Waals surface area contributed by atoms with Gasteiger partial charge in [0.2, 0.25) is 5.91 Å². The highest BCUT2D eigenvalue weighted by molar-refractivity contribution is 6.00. The van der Waals surface area contributed by atoms with Crippen LogP contribution in [-0.2, 0) is 9.53 Å². The number of hydrogen-bond donors (Lipinski definition) is 2. The van der Waals surface area contributed by atoms with Crippen molar-refractivity contribution in [2.45, 2.75) is 33.6 Å². The molecule has 1 aromatic heterocycles. The van der Waals surface area contributed by atoms with Crippen LogP contribution in [0.15, 0.2) is 0 Å². The number of H-pyrrole nitrogens is 1. The van der Waals surface area contributed by atoms with Crippen LogP contribution in [0.1, 0.15) is 51.9 Å². The summed E-state index contributed by atoms with van der Waals surface area (Å²) in [4.78, 5) is 47.5. The fourth-order valence-corrected chi connectivity index (χ4v) is 4.72. The molecule has 2 amide bonds. The Kier molecular flexibility index (Phi) is 8.31. The Balaban J connectivity index is 1.52. The molecule has 1 aromatic rings. The van der Waals surface area contributed by atoms with Gasteiger partial charge in [-0.3, -0.25) is 14.5 Å². The van der Waals surface area contributed by atoms with Crippen molar-refractivity contribution in [2.75, 3.05) is 66.0 Å². The van der Waals surface area contributed by atoms with Crippen LogP contribution in [0.25, 0.3) is 0 Å². The quantitative estimate of drug-likeness (QED) is 0.606. The van der Waals surface area contributed by atoms with Gasteiger partial charge in [0.05, 0.1) is 18.6 Å². The van der Waals surface area contributed by atoms with Gasteiger partial charge < -0.3 is 24.8 Å². The molecule has 0 aliphatic carbocycles. The number of rotatable bonds is 7. The molecule has 2 aliphatic heterocycles. The summed E-state index contributed by atoms with van der Waals surface area (Å²) in [5.41, 5.74) is 2.01. The lowest BCUT2D eigenvalue weighted by atomic mass is 9.96. The number of piperazine rings is 1. The van der Waals surface area contributed by atoms with Crippen LogP contribution in [0.4, 0.5) is 0 Å². The minimum Gasteiger partial charge on any atom is -0.465 e. The summed E-state index contributed by atoms with van der Waals surface area (Å²) in [5, 5.41) is 3.07. The molecule has 1 unspecified atom stereocenters. The predicted molar refractivity (Wildman–Crippen MR) is 122 cm³/mol. The summed E-state index contributed by atoms with van der Waals surface area (Å²) >= 11 is 0. The molecule has 178 valence electrons. The standard InChI is InChI=1S/C23H37N5O4/c1-5-26-11-13-27(14-12-26)10-8-24-21(29)18-7-6-9-28(15-18)22(30)20-16(2)19(17(3)25-20)23(31)32-4/h18,25H,5-15H2,1-4H3,(H,24,29). The van der Waals surface area contributed by atoms with Gasteiger partial charge in [0.1, 0.15) is 5.69 Å². The number of aromatic amines is 1. The average molecular weight is 448 g/mol. The van der Waals surface area contributed by atoms with E-state index in [2.05, 4.69) is 27.0 Å². The SMILES string of the molecule is CCN1CCN(CCNC(=O)C2CCCN(C(=O)c3[nH]c(C)c(C(=O)OC)c3C)C2)CC1. The van der Waals surface area contributed by atoms with Crippen molar-refractivity contribution in [3.05, 3.63) is 22.5 Å². The van der Waals surface area contributed by atoms with Crippen molar-refractivity contribution in [3.8, 4) is 0 Å². The lowest BCUT2D eigenvalue weighted by molar-refractivity contribution is -0.126. The molecule has 0 saturated carbocycles. The van der Waals surface area contributed by atoms with E-state index in [1.54, 1.807) is 18.7 Å². The number of likely N-dealkylation sites (tertiary alicyclic amines) is 1. The molecule has 0 radical (unpaired) electrons. The highest BCUT2D eigenvalue weighted by atomic mass is 16.5. The Morgan fingerprint density at radius 3 is 2.44 bits per heavy atom. The minimum absolute atomic E-state index is 0.0179. The van der Waals surface area contributed by atoms with Crippen molar-refractivity contribution in [3.63, 3.8) is 0 Å². The molecular weight excluding hydrogens is 410 g/mol. The van der Waals surface area contributed by atoms with Gasteiger partial charge in [0.15, 0.2) is 0 Å². The summed E-state index contributed by atoms with van der Waals surface area (Å²) in [6.45, 7) is 13.5. The molecule has 3 heterocycles. The van der Waals surface area contributed by atoms with E-state index in [0.29, 0.717) is 42.1 Å². The number of nitrogens with one attached hydrogen (secondary N) is 2. The topological polar surface area (TPSA) is 98.0 Å². The third-order valence-electron chi connectivity index (χ3n) is 6.76. The maximum atomic E-state index is 13.1. The highest BCUT2D eigenvalue weighted by Crippen LogP contribution is 2.23. The number of methoxy groups -OCH3 is 1. The smallest absolute Gasteiger partial charge is 0.339 e. The Labute approximate surface area is 190 Å². The number of piperidine rings is 1. The third kappa shape index (κ3) is 5.50. The van der Waals surface area contributed by atoms with Gasteiger partial charge in [-0.25, -0.2) is 4.79 Å². The van der Waals surface area contributed by atoms with E-state index in [-0.39, 0.29) is 17.7 Å². The molecule has 0 aromatic carbocycles. The zero-order valence-corrected chi connectivity index (χ0v) is 19.8. The minimum atomic E-state index is -0.456. The Bertz CT molecular complexity index is 829. The zero-order chi connectivity index (χ0) is 23.3. The van der Waals surface area contributed by atoms with Gasteiger partial charge in [-0.05, 0) is 38.8 Å². The number of likely N-dealkylation sites (N-methyl/N-ethyl adjacent to an activating group) is 1. The molecule has 3 rings (SSSR count). The molecule has 2 aliphatic rings. The maximum absolute atomic E-state index is 13.1. The van der Waals surface area contributed by atoms with Crippen LogP contribution in [0.5, 0.6) is 0 Å². The van der Waals surface area contributed by atoms with Gasteiger partial charge in [-0.1, -0.05) is 6.92 Å². The van der Waals surface area contributed by atoms with Crippen LogP contribution in [-0.4, -0.2) is 103 Å². The third-order valence-corrected chi connectivity index (χ3v) is 6.76. The first kappa shape index (κ1) is 24.3. The lowest BCUT2D eigenvalue weighted by Crippen LogP contribution is -2.49. The number of amides is 2. The Morgan fingerprint density at radius 1 is 1.09 bits per heavy atom. The summed E-state index contributed by atoms with van der Waals surface area (Å²) in [6, 6.07) is 0. The van der Waals surface area contributed by atoms with Gasteiger partial charge in [-0.2, -0.15) is 0 Å². The second-order valence-corrected chi connectivity index (χ2v) is 8.77. The first-order valence-corrected chi connectivity index (χ1v) is 11.6. The molecule has 32 heavy (non-hydrogen) atoms. The molecule has 2 fully saturated rings. The number of carbonyl (C=O) groups is 3. The van der Waals surface area contributed by atoms with Crippen molar-refractivity contribution >= 4 is 17.8 Å². The fourth-order valence-electron chi connectivity index (χ4n) is 4.72. The molecular formula is C23H37N5O4. The summed E-state index contributed by atoms with van der Waals surface area (Å²) in [6.07, 6.45) is 1.56. The largest absolute Gasteiger partial charge is 0.465 e. The number of nitrogens with zero attached hydrogens (tertiary/aromatic N) is 3. The van der Waals surface area contributed by atoms with Crippen molar-refractivity contribution in [2.24, 2.45) is 5.92 Å². The fraction of sp³-hybridized carbons (Fsp3) is 0.696. The van der Waals surface area contributed by atoms with Gasteiger partial charge in [-0.15, -0.1) is 0 Å². The monoisotopic (exact) mass is 447 g/mol. The zero-order valence-electron chi connectivity index (χ0n) is 19.8. The average Bonchev–Trinajstić information content (AvgIpc) is 3.12. The van der Waals surface area contributed by atoms with E-state index in [9.17, 15) is 14.4 Å². The molecule has 9 heteroatoms. The molecule has 9 nitrogen and oxygen atoms in total. The summed E-state index contributed by atoms with van der Waals surface area (Å²) in [7, 11) is 1.33. The van der Waals surface area contributed by atoms with Gasteiger partial charge in [0, 0.05) is 58.1 Å². The first-order chi connectivity index (χ1) is 15.3. The van der Waals surface area contributed by atoms with Crippen molar-refractivity contribution < 1.29 is 19.1 Å². The molecule has 1 atom stereocenters. The van der Waals surface area contributed by atoms with E-state index < -0.39 is 5.97 Å². The van der Waals surface area contributed by atoms with Crippen LogP contribution >= 0.6 is 0 Å². The molecule has 2 saturated heterocycles. The lowest BCUT2D eigenvalue weighted by Gasteiger charge is -2.34. The molecule has 0 spiro atoms. The Morgan fingerprint density at radius 2 is 1.78 bits per heavy atom. The van der Waals surface area contributed by atoms with Crippen LogP contribution in [0.3, 0.4) is 0 Å². The van der Waals surface area contributed by atoms with Crippen molar-refractivity contribution in [1.82, 2.24) is 25.0 Å². The summed E-state index contributed by atoms with van der Waals surface area (Å²) < 4.78 is 4.83. The summed E-state index contributed by atoms with van der Waals surface area (Å²) in [5.74, 6) is -0.820. The predicted octanol–water partition coefficient (Wildman–Crippen LogP) is 1.02. The second kappa shape index (κ2) is 11.0. The van der Waals surface area contributed by atoms with E-state index in [0.717, 1.165) is 52.1 Å². The number of aromatic nitrogens is 1.